The zero-order chi connectivity index (χ0) is 16.5. The van der Waals surface area contributed by atoms with E-state index < -0.39 is 23.4 Å². The molecule has 9 heteroatoms. The molecule has 2 aliphatic rings. The van der Waals surface area contributed by atoms with Gasteiger partial charge >= 0.3 is 11.9 Å². The number of fused-ring (bicyclic) bond motifs is 1. The SMILES string of the molecule is CC(=O)COC(=O)C1(COC(C)=O)CS[C@@H]2C(N)C(=O)N2C1. The van der Waals surface area contributed by atoms with Crippen LogP contribution in [0.1, 0.15) is 13.8 Å². The maximum absolute atomic E-state index is 12.4. The lowest BCUT2D eigenvalue weighted by Crippen LogP contribution is -2.72. The molecule has 2 fully saturated rings. The summed E-state index contributed by atoms with van der Waals surface area (Å²) in [5.41, 5.74) is 4.54. The molecule has 2 unspecified atom stereocenters. The van der Waals surface area contributed by atoms with Crippen LogP contribution in [0.25, 0.3) is 0 Å². The molecule has 2 saturated heterocycles. The molecule has 0 bridgehead atoms. The number of esters is 2. The van der Waals surface area contributed by atoms with Gasteiger partial charge in [0.1, 0.15) is 30.0 Å². The second-order valence-corrected chi connectivity index (χ2v) is 6.64. The first kappa shape index (κ1) is 16.8. The van der Waals surface area contributed by atoms with Crippen molar-refractivity contribution in [2.45, 2.75) is 25.3 Å². The Morgan fingerprint density at radius 3 is 2.64 bits per heavy atom. The quantitative estimate of drug-likeness (QED) is 0.499. The summed E-state index contributed by atoms with van der Waals surface area (Å²) in [5.74, 6) is -1.41. The Kier molecular flexibility index (Phi) is 4.76. The van der Waals surface area contributed by atoms with Crippen LogP contribution in [-0.4, -0.2) is 65.5 Å². The van der Waals surface area contributed by atoms with E-state index >= 15 is 0 Å². The molecule has 0 aromatic heterocycles. The molecule has 2 heterocycles. The largest absolute Gasteiger partial charge is 0.465 e. The Morgan fingerprint density at radius 1 is 1.36 bits per heavy atom. The van der Waals surface area contributed by atoms with Crippen LogP contribution in [0.2, 0.25) is 0 Å². The molecule has 0 saturated carbocycles. The van der Waals surface area contributed by atoms with Crippen molar-refractivity contribution in [3.05, 3.63) is 0 Å². The van der Waals surface area contributed by atoms with E-state index in [1.54, 1.807) is 0 Å². The van der Waals surface area contributed by atoms with Crippen LogP contribution in [0.3, 0.4) is 0 Å². The summed E-state index contributed by atoms with van der Waals surface area (Å²) in [6.45, 7) is 2.06. The summed E-state index contributed by atoms with van der Waals surface area (Å²) >= 11 is 1.35. The molecule has 8 nitrogen and oxygen atoms in total. The number of Topliss-reactive ketones (excluding diaryl/α,β-unsaturated/α-hetero) is 1. The fourth-order valence-corrected chi connectivity index (χ4v) is 3.82. The molecule has 0 aromatic carbocycles. The van der Waals surface area contributed by atoms with E-state index in [4.69, 9.17) is 15.2 Å². The van der Waals surface area contributed by atoms with Gasteiger partial charge in [-0.25, -0.2) is 0 Å². The topological polar surface area (TPSA) is 116 Å². The summed E-state index contributed by atoms with van der Waals surface area (Å²) in [6.07, 6.45) is 0. The smallest absolute Gasteiger partial charge is 0.318 e. The first-order valence-electron chi connectivity index (χ1n) is 6.74. The van der Waals surface area contributed by atoms with Crippen molar-refractivity contribution in [1.82, 2.24) is 4.90 Å². The predicted molar refractivity (Wildman–Crippen MR) is 76.6 cm³/mol. The number of nitrogens with two attached hydrogens (primary N) is 1. The normalized spacial score (nSPS) is 30.1. The van der Waals surface area contributed by atoms with E-state index in [0.717, 1.165) is 0 Å². The van der Waals surface area contributed by atoms with Gasteiger partial charge in [-0.1, -0.05) is 0 Å². The van der Waals surface area contributed by atoms with E-state index in [1.807, 2.05) is 0 Å². The zero-order valence-electron chi connectivity index (χ0n) is 12.4. The summed E-state index contributed by atoms with van der Waals surface area (Å²) in [7, 11) is 0. The Hall–Kier alpha value is -1.61. The van der Waals surface area contributed by atoms with E-state index in [1.165, 1.54) is 30.5 Å². The van der Waals surface area contributed by atoms with Gasteiger partial charge in [-0.3, -0.25) is 19.2 Å². The Labute approximate surface area is 131 Å². The third-order valence-corrected chi connectivity index (χ3v) is 5.19. The fraction of sp³-hybridized carbons (Fsp3) is 0.692. The van der Waals surface area contributed by atoms with E-state index in [2.05, 4.69) is 0 Å². The standard InChI is InChI=1S/C13H18N2O6S/c1-7(16)3-20-12(19)13(5-21-8(2)17)4-15-10(18)9(14)11(15)22-6-13/h9,11H,3-6,14H2,1-2H3/t9?,11-,13?/m1/s1. The minimum atomic E-state index is -1.17. The van der Waals surface area contributed by atoms with Gasteiger partial charge in [-0.15, -0.1) is 11.8 Å². The van der Waals surface area contributed by atoms with Crippen LogP contribution in [-0.2, 0) is 28.7 Å². The number of rotatable bonds is 5. The molecule has 2 aliphatic heterocycles. The average Bonchev–Trinajstić information content (AvgIpc) is 2.49. The minimum Gasteiger partial charge on any atom is -0.465 e. The van der Waals surface area contributed by atoms with E-state index in [-0.39, 0.29) is 36.8 Å². The third kappa shape index (κ3) is 3.09. The number of ketones is 1. The number of carbonyl (C=O) groups is 4. The molecule has 0 radical (unpaired) electrons. The molecular formula is C13H18N2O6S. The third-order valence-electron chi connectivity index (χ3n) is 3.58. The van der Waals surface area contributed by atoms with Gasteiger partial charge in [-0.05, 0) is 6.92 Å². The molecule has 0 aliphatic carbocycles. The lowest BCUT2D eigenvalue weighted by Gasteiger charge is -2.52. The van der Waals surface area contributed by atoms with Crippen LogP contribution in [0, 0.1) is 5.41 Å². The molecule has 2 rings (SSSR count). The van der Waals surface area contributed by atoms with Crippen molar-refractivity contribution in [3.8, 4) is 0 Å². The van der Waals surface area contributed by atoms with E-state index in [0.29, 0.717) is 5.75 Å². The highest BCUT2D eigenvalue weighted by molar-refractivity contribution is 8.00. The molecular weight excluding hydrogens is 312 g/mol. The van der Waals surface area contributed by atoms with Crippen molar-refractivity contribution in [2.24, 2.45) is 11.1 Å². The first-order valence-corrected chi connectivity index (χ1v) is 7.79. The summed E-state index contributed by atoms with van der Waals surface area (Å²) in [6, 6.07) is -0.565. The van der Waals surface area contributed by atoms with Crippen LogP contribution in [0.15, 0.2) is 0 Å². The number of β-lactam (4-membered cyclic amide) rings is 1. The summed E-state index contributed by atoms with van der Waals surface area (Å²) in [4.78, 5) is 47.7. The number of amides is 1. The number of hydrogen-bond donors (Lipinski definition) is 1. The molecule has 22 heavy (non-hydrogen) atoms. The highest BCUT2D eigenvalue weighted by Crippen LogP contribution is 2.42. The van der Waals surface area contributed by atoms with Crippen LogP contribution < -0.4 is 5.73 Å². The van der Waals surface area contributed by atoms with Gasteiger partial charge in [0.2, 0.25) is 5.91 Å². The second-order valence-electron chi connectivity index (χ2n) is 5.53. The molecule has 1 amide bonds. The highest BCUT2D eigenvalue weighted by Gasteiger charge is 2.56. The Balaban J connectivity index is 2.12. The number of thioether (sulfide) groups is 1. The van der Waals surface area contributed by atoms with Crippen LogP contribution in [0.5, 0.6) is 0 Å². The number of carbonyl (C=O) groups excluding carboxylic acids is 4. The zero-order valence-corrected chi connectivity index (χ0v) is 13.2. The van der Waals surface area contributed by atoms with Crippen molar-refractivity contribution in [3.63, 3.8) is 0 Å². The molecule has 0 spiro atoms. The highest BCUT2D eigenvalue weighted by atomic mass is 32.2. The second kappa shape index (κ2) is 6.25. The molecule has 2 N–H and O–H groups in total. The Bertz CT molecular complexity index is 525. The summed E-state index contributed by atoms with van der Waals surface area (Å²) < 4.78 is 9.96. The summed E-state index contributed by atoms with van der Waals surface area (Å²) in [5, 5.41) is -0.168. The fourth-order valence-electron chi connectivity index (χ4n) is 2.36. The van der Waals surface area contributed by atoms with Crippen molar-refractivity contribution in [2.75, 3.05) is 25.5 Å². The lowest BCUT2D eigenvalue weighted by atomic mass is 9.88. The van der Waals surface area contributed by atoms with Crippen molar-refractivity contribution < 1.29 is 28.7 Å². The number of hydrogen-bond acceptors (Lipinski definition) is 8. The average molecular weight is 330 g/mol. The van der Waals surface area contributed by atoms with Gasteiger partial charge in [-0.2, -0.15) is 0 Å². The van der Waals surface area contributed by atoms with Gasteiger partial charge < -0.3 is 20.1 Å². The number of nitrogens with zero attached hydrogens (tertiary/aromatic N) is 1. The first-order chi connectivity index (χ1) is 10.3. The minimum absolute atomic E-state index is 0.0707. The maximum atomic E-state index is 12.4. The van der Waals surface area contributed by atoms with Crippen LogP contribution >= 0.6 is 11.8 Å². The molecule has 3 atom stereocenters. The lowest BCUT2D eigenvalue weighted by molar-refractivity contribution is -0.169. The van der Waals surface area contributed by atoms with Crippen molar-refractivity contribution in [1.29, 1.82) is 0 Å². The Morgan fingerprint density at radius 2 is 2.05 bits per heavy atom. The van der Waals surface area contributed by atoms with Gasteiger partial charge in [0, 0.05) is 19.2 Å². The molecule has 0 aromatic rings. The monoisotopic (exact) mass is 330 g/mol. The van der Waals surface area contributed by atoms with Gasteiger partial charge in [0.05, 0.1) is 0 Å². The van der Waals surface area contributed by atoms with Crippen LogP contribution in [0.4, 0.5) is 0 Å². The molecule has 122 valence electrons. The maximum Gasteiger partial charge on any atom is 0.318 e. The van der Waals surface area contributed by atoms with Gasteiger partial charge in [0.15, 0.2) is 5.78 Å². The van der Waals surface area contributed by atoms with Crippen molar-refractivity contribution >= 4 is 35.4 Å². The van der Waals surface area contributed by atoms with Gasteiger partial charge in [0.25, 0.3) is 0 Å². The van der Waals surface area contributed by atoms with E-state index in [9.17, 15) is 19.2 Å². The number of ether oxygens (including phenoxy) is 2. The predicted octanol–water partition coefficient (Wildman–Crippen LogP) is -1.09.